The van der Waals surface area contributed by atoms with Crippen LogP contribution in [0.1, 0.15) is 109 Å². The van der Waals surface area contributed by atoms with Crippen molar-refractivity contribution in [3.8, 4) is 5.75 Å². The molecule has 0 heterocycles. The summed E-state index contributed by atoms with van der Waals surface area (Å²) in [5.41, 5.74) is 3.53. The molecule has 2 fully saturated rings. The van der Waals surface area contributed by atoms with Gasteiger partial charge in [0.25, 0.3) is 0 Å². The highest BCUT2D eigenvalue weighted by Gasteiger charge is 2.58. The Morgan fingerprint density at radius 3 is 2.56 bits per heavy atom. The van der Waals surface area contributed by atoms with E-state index in [1.54, 1.807) is 11.1 Å². The van der Waals surface area contributed by atoms with E-state index in [1.807, 2.05) is 0 Å². The maximum absolute atomic E-state index is 6.58. The van der Waals surface area contributed by atoms with Gasteiger partial charge in [-0.05, 0) is 117 Å². The molecule has 0 bridgehead atoms. The molecule has 0 aliphatic heterocycles. The normalized spacial score (nSPS) is 32.2. The molecule has 1 aromatic carbocycles. The Labute approximate surface area is 209 Å². The second kappa shape index (κ2) is 12.3. The highest BCUT2D eigenvalue weighted by Crippen LogP contribution is 2.64. The molecule has 0 spiro atoms. The first-order valence-electron chi connectivity index (χ1n) is 14.6. The number of ether oxygens (including phenoxy) is 3. The van der Waals surface area contributed by atoms with E-state index in [9.17, 15) is 0 Å². The van der Waals surface area contributed by atoms with Crippen molar-refractivity contribution in [2.75, 3.05) is 26.4 Å². The Hall–Kier alpha value is -1.06. The Bertz CT molecular complexity index is 761. The van der Waals surface area contributed by atoms with Gasteiger partial charge in [0.1, 0.15) is 5.75 Å². The fraction of sp³-hybridized carbons (Fsp3) is 0.806. The van der Waals surface area contributed by atoms with Crippen LogP contribution >= 0.6 is 0 Å². The van der Waals surface area contributed by atoms with Gasteiger partial charge in [0.05, 0.1) is 12.7 Å². The minimum absolute atomic E-state index is 0.339. The van der Waals surface area contributed by atoms with Crippen molar-refractivity contribution in [1.29, 1.82) is 0 Å². The predicted octanol–water partition coefficient (Wildman–Crippen LogP) is 7.95. The van der Waals surface area contributed by atoms with Gasteiger partial charge >= 0.3 is 0 Å². The third-order valence-corrected chi connectivity index (χ3v) is 9.38. The standard InChI is InChI=1S/C31H50O3/c1-5-8-19-33-25-13-15-26-23(21-25)12-14-27-28-16-17-29(34-20-9-6-2)31(28,4)22-24(30(26)27)11-10-18-32-7-3/h13,15,21,24,27-30H,5-12,14,16-20,22H2,1-4H3/t24-,27?,28?,29?,30?,31?/m0/s1. The SMILES string of the molecule is CCCCOc1ccc2c(c1)CCC1C2[C@@H](CCCOCC)CC2(C)C(OCCCC)CCC12. The van der Waals surface area contributed by atoms with Crippen LogP contribution in [0.5, 0.6) is 5.75 Å². The van der Waals surface area contributed by atoms with Gasteiger partial charge in [0.2, 0.25) is 0 Å². The van der Waals surface area contributed by atoms with Gasteiger partial charge in [-0.3, -0.25) is 0 Å². The van der Waals surface area contributed by atoms with Crippen LogP contribution in [-0.2, 0) is 15.9 Å². The summed E-state index contributed by atoms with van der Waals surface area (Å²) in [5.74, 6) is 4.11. The third-order valence-electron chi connectivity index (χ3n) is 9.38. The van der Waals surface area contributed by atoms with Gasteiger partial charge in [0, 0.05) is 19.8 Å². The Balaban J connectivity index is 1.56. The molecule has 0 aromatic heterocycles. The lowest BCUT2D eigenvalue weighted by Crippen LogP contribution is -2.48. The third kappa shape index (κ3) is 5.51. The number of aryl methyl sites for hydroxylation is 1. The Kier molecular flexibility index (Phi) is 9.38. The topological polar surface area (TPSA) is 27.7 Å². The second-order valence-corrected chi connectivity index (χ2v) is 11.5. The summed E-state index contributed by atoms with van der Waals surface area (Å²) in [4.78, 5) is 0. The molecule has 0 saturated heterocycles. The average molecular weight is 471 g/mol. The maximum Gasteiger partial charge on any atom is 0.119 e. The quantitative estimate of drug-likeness (QED) is 0.274. The molecule has 0 amide bonds. The van der Waals surface area contributed by atoms with E-state index >= 15 is 0 Å². The number of hydrogen-bond acceptors (Lipinski definition) is 3. The van der Waals surface area contributed by atoms with Crippen molar-refractivity contribution in [3.63, 3.8) is 0 Å². The van der Waals surface area contributed by atoms with Crippen LogP contribution in [-0.4, -0.2) is 32.5 Å². The number of fused-ring (bicyclic) bond motifs is 5. The summed E-state index contributed by atoms with van der Waals surface area (Å²) >= 11 is 0. The number of hydrogen-bond donors (Lipinski definition) is 0. The van der Waals surface area contributed by atoms with Crippen molar-refractivity contribution >= 4 is 0 Å². The minimum Gasteiger partial charge on any atom is -0.494 e. The van der Waals surface area contributed by atoms with E-state index in [0.717, 1.165) is 56.4 Å². The number of rotatable bonds is 13. The number of unbranched alkanes of at least 4 members (excludes halogenated alkanes) is 2. The van der Waals surface area contributed by atoms with E-state index in [4.69, 9.17) is 14.2 Å². The van der Waals surface area contributed by atoms with Gasteiger partial charge in [-0.25, -0.2) is 0 Å². The first kappa shape index (κ1) is 26.0. The van der Waals surface area contributed by atoms with E-state index in [2.05, 4.69) is 45.9 Å². The van der Waals surface area contributed by atoms with Gasteiger partial charge in [0.15, 0.2) is 0 Å². The predicted molar refractivity (Wildman–Crippen MR) is 141 cm³/mol. The van der Waals surface area contributed by atoms with Crippen LogP contribution in [0, 0.1) is 23.2 Å². The molecule has 3 heteroatoms. The van der Waals surface area contributed by atoms with Crippen LogP contribution in [0.3, 0.4) is 0 Å². The fourth-order valence-corrected chi connectivity index (χ4v) is 7.76. The van der Waals surface area contributed by atoms with Crippen molar-refractivity contribution in [3.05, 3.63) is 29.3 Å². The summed E-state index contributed by atoms with van der Waals surface area (Å²) in [6.07, 6.45) is 14.1. The molecule has 3 aliphatic carbocycles. The van der Waals surface area contributed by atoms with Crippen LogP contribution < -0.4 is 4.74 Å². The van der Waals surface area contributed by atoms with E-state index in [1.165, 1.54) is 64.2 Å². The zero-order valence-corrected chi connectivity index (χ0v) is 22.5. The zero-order chi connectivity index (χ0) is 24.0. The summed E-state index contributed by atoms with van der Waals surface area (Å²) in [6, 6.07) is 7.07. The van der Waals surface area contributed by atoms with Gasteiger partial charge in [-0.1, -0.05) is 39.7 Å². The van der Waals surface area contributed by atoms with Crippen LogP contribution in [0.15, 0.2) is 18.2 Å². The van der Waals surface area contributed by atoms with Crippen molar-refractivity contribution in [1.82, 2.24) is 0 Å². The van der Waals surface area contributed by atoms with Crippen molar-refractivity contribution < 1.29 is 14.2 Å². The second-order valence-electron chi connectivity index (χ2n) is 11.5. The molecule has 1 aromatic rings. The lowest BCUT2D eigenvalue weighted by Gasteiger charge is -2.54. The van der Waals surface area contributed by atoms with Gasteiger partial charge in [-0.2, -0.15) is 0 Å². The van der Waals surface area contributed by atoms with Crippen LogP contribution in [0.25, 0.3) is 0 Å². The molecule has 2 saturated carbocycles. The fourth-order valence-electron chi connectivity index (χ4n) is 7.76. The molecule has 0 radical (unpaired) electrons. The van der Waals surface area contributed by atoms with Crippen molar-refractivity contribution in [2.24, 2.45) is 23.2 Å². The molecule has 5 unspecified atom stereocenters. The summed E-state index contributed by atoms with van der Waals surface area (Å²) < 4.78 is 18.4. The Morgan fingerprint density at radius 1 is 0.941 bits per heavy atom. The molecular weight excluding hydrogens is 420 g/mol. The van der Waals surface area contributed by atoms with Gasteiger partial charge in [-0.15, -0.1) is 0 Å². The van der Waals surface area contributed by atoms with Crippen molar-refractivity contribution in [2.45, 2.75) is 110 Å². The van der Waals surface area contributed by atoms with Crippen LogP contribution in [0.4, 0.5) is 0 Å². The highest BCUT2D eigenvalue weighted by molar-refractivity contribution is 5.41. The molecule has 34 heavy (non-hydrogen) atoms. The zero-order valence-electron chi connectivity index (χ0n) is 22.5. The maximum atomic E-state index is 6.58. The lowest BCUT2D eigenvalue weighted by molar-refractivity contribution is -0.0830. The monoisotopic (exact) mass is 470 g/mol. The first-order chi connectivity index (χ1) is 16.6. The molecule has 6 atom stereocenters. The van der Waals surface area contributed by atoms with E-state index in [-0.39, 0.29) is 0 Å². The molecule has 3 nitrogen and oxygen atoms in total. The number of benzene rings is 1. The molecular formula is C31H50O3. The Morgan fingerprint density at radius 2 is 1.76 bits per heavy atom. The van der Waals surface area contributed by atoms with E-state index in [0.29, 0.717) is 17.4 Å². The van der Waals surface area contributed by atoms with Gasteiger partial charge < -0.3 is 14.2 Å². The highest BCUT2D eigenvalue weighted by atomic mass is 16.5. The summed E-state index contributed by atoms with van der Waals surface area (Å²) in [5, 5.41) is 0. The molecule has 192 valence electrons. The van der Waals surface area contributed by atoms with E-state index < -0.39 is 0 Å². The summed E-state index contributed by atoms with van der Waals surface area (Å²) in [6.45, 7) is 12.7. The van der Waals surface area contributed by atoms with Crippen LogP contribution in [0.2, 0.25) is 0 Å². The summed E-state index contributed by atoms with van der Waals surface area (Å²) in [7, 11) is 0. The molecule has 3 aliphatic rings. The minimum atomic E-state index is 0.339. The lowest BCUT2D eigenvalue weighted by atomic mass is 9.51. The smallest absolute Gasteiger partial charge is 0.119 e. The molecule has 4 rings (SSSR count). The average Bonchev–Trinajstić information content (AvgIpc) is 3.17. The molecule has 0 N–H and O–H groups in total. The largest absolute Gasteiger partial charge is 0.494 e. The first-order valence-corrected chi connectivity index (χ1v) is 14.6.